The third-order valence-electron chi connectivity index (χ3n) is 4.81. The highest BCUT2D eigenvalue weighted by atomic mass is 32.1. The molecule has 1 aliphatic heterocycles. The van der Waals surface area contributed by atoms with E-state index in [0.29, 0.717) is 13.2 Å². The average Bonchev–Trinajstić information content (AvgIpc) is 3.24. The summed E-state index contributed by atoms with van der Waals surface area (Å²) in [5, 5.41) is 4.49. The first-order chi connectivity index (χ1) is 14.2. The number of hydrogen-bond acceptors (Lipinski definition) is 7. The minimum atomic E-state index is 0.605. The van der Waals surface area contributed by atoms with Gasteiger partial charge in [-0.3, -0.25) is 4.99 Å². The number of methoxy groups -OCH3 is 1. The van der Waals surface area contributed by atoms with Crippen LogP contribution in [0.5, 0.6) is 11.5 Å². The van der Waals surface area contributed by atoms with Crippen LogP contribution in [-0.2, 0) is 13.0 Å². The van der Waals surface area contributed by atoms with Crippen molar-refractivity contribution in [2.24, 2.45) is 4.99 Å². The standard InChI is InChI=1S/C20H30N6O2S/c1-5-18-23-20(29-24-18)26-11-9-25(10-12-26)19(21-3)22-14-15-7-8-16(27-4)17(13-15)28-6-2/h7-8,13H,5-6,9-12,14H2,1-4H3,(H,21,22). The van der Waals surface area contributed by atoms with E-state index >= 15 is 0 Å². The number of guanidine groups is 1. The maximum atomic E-state index is 5.67. The summed E-state index contributed by atoms with van der Waals surface area (Å²) < 4.78 is 15.4. The fourth-order valence-corrected chi connectivity index (χ4v) is 4.04. The van der Waals surface area contributed by atoms with Crippen LogP contribution in [0.3, 0.4) is 0 Å². The Hall–Kier alpha value is -2.55. The molecule has 158 valence electrons. The molecular formula is C20H30N6O2S. The molecule has 0 unspecified atom stereocenters. The third-order valence-corrected chi connectivity index (χ3v) is 5.63. The Labute approximate surface area is 176 Å². The highest BCUT2D eigenvalue weighted by Crippen LogP contribution is 2.28. The van der Waals surface area contributed by atoms with Gasteiger partial charge < -0.3 is 24.6 Å². The van der Waals surface area contributed by atoms with Crippen molar-refractivity contribution in [3.05, 3.63) is 29.6 Å². The Morgan fingerprint density at radius 3 is 2.62 bits per heavy atom. The summed E-state index contributed by atoms with van der Waals surface area (Å²) in [6.07, 6.45) is 0.878. The van der Waals surface area contributed by atoms with Crippen molar-refractivity contribution < 1.29 is 9.47 Å². The van der Waals surface area contributed by atoms with Crippen LogP contribution in [0.1, 0.15) is 25.2 Å². The number of anilines is 1. The monoisotopic (exact) mass is 418 g/mol. The highest BCUT2D eigenvalue weighted by Gasteiger charge is 2.22. The molecule has 1 aromatic carbocycles. The van der Waals surface area contributed by atoms with Gasteiger partial charge in [-0.25, -0.2) is 4.98 Å². The van der Waals surface area contributed by atoms with Crippen LogP contribution in [0, 0.1) is 0 Å². The molecule has 1 fully saturated rings. The fraction of sp³-hybridized carbons (Fsp3) is 0.550. The Kier molecular flexibility index (Phi) is 7.51. The molecule has 2 heterocycles. The van der Waals surface area contributed by atoms with Crippen molar-refractivity contribution in [3.63, 3.8) is 0 Å². The topological polar surface area (TPSA) is 75.1 Å². The number of hydrogen-bond donors (Lipinski definition) is 1. The first-order valence-electron chi connectivity index (χ1n) is 10.0. The quantitative estimate of drug-likeness (QED) is 0.547. The summed E-state index contributed by atoms with van der Waals surface area (Å²) in [5.74, 6) is 3.35. The summed E-state index contributed by atoms with van der Waals surface area (Å²) >= 11 is 1.49. The summed E-state index contributed by atoms with van der Waals surface area (Å²) in [6, 6.07) is 6.00. The number of benzene rings is 1. The van der Waals surface area contributed by atoms with Gasteiger partial charge in [0.25, 0.3) is 0 Å². The Bertz CT molecular complexity index is 817. The smallest absolute Gasteiger partial charge is 0.205 e. The Morgan fingerprint density at radius 1 is 1.21 bits per heavy atom. The number of aliphatic imine (C=N–C) groups is 1. The SMILES string of the molecule is CCOc1cc(CNC(=NC)N2CCN(c3nc(CC)ns3)CC2)ccc1OC. The summed E-state index contributed by atoms with van der Waals surface area (Å²) in [4.78, 5) is 13.7. The van der Waals surface area contributed by atoms with E-state index in [4.69, 9.17) is 9.47 Å². The molecule has 0 radical (unpaired) electrons. The number of nitrogens with one attached hydrogen (secondary N) is 1. The van der Waals surface area contributed by atoms with Crippen molar-refractivity contribution >= 4 is 22.6 Å². The van der Waals surface area contributed by atoms with Crippen molar-refractivity contribution in [2.75, 3.05) is 51.8 Å². The molecule has 29 heavy (non-hydrogen) atoms. The molecule has 0 spiro atoms. The van der Waals surface area contributed by atoms with E-state index in [9.17, 15) is 0 Å². The lowest BCUT2D eigenvalue weighted by molar-refractivity contribution is 0.310. The third kappa shape index (κ3) is 5.29. The molecule has 0 amide bonds. The molecule has 0 bridgehead atoms. The van der Waals surface area contributed by atoms with Gasteiger partial charge in [0.05, 0.1) is 13.7 Å². The number of rotatable bonds is 7. The normalized spacial score (nSPS) is 14.8. The molecule has 9 heteroatoms. The van der Waals surface area contributed by atoms with Gasteiger partial charge >= 0.3 is 0 Å². The van der Waals surface area contributed by atoms with Gasteiger partial charge in [0.15, 0.2) is 17.5 Å². The van der Waals surface area contributed by atoms with Crippen molar-refractivity contribution in [1.29, 1.82) is 0 Å². The zero-order valence-electron chi connectivity index (χ0n) is 17.6. The molecule has 0 saturated carbocycles. The van der Waals surface area contributed by atoms with Crippen LogP contribution in [0.4, 0.5) is 5.13 Å². The second kappa shape index (κ2) is 10.3. The summed E-state index contributed by atoms with van der Waals surface area (Å²) in [7, 11) is 3.48. The van der Waals surface area contributed by atoms with Gasteiger partial charge in [-0.15, -0.1) is 0 Å². The number of aromatic nitrogens is 2. The molecule has 1 saturated heterocycles. The summed E-state index contributed by atoms with van der Waals surface area (Å²) in [5.41, 5.74) is 1.12. The molecule has 2 aromatic rings. The first-order valence-corrected chi connectivity index (χ1v) is 10.8. The number of aryl methyl sites for hydroxylation is 1. The minimum Gasteiger partial charge on any atom is -0.493 e. The minimum absolute atomic E-state index is 0.605. The van der Waals surface area contributed by atoms with Gasteiger partial charge in [-0.05, 0) is 24.6 Å². The predicted molar refractivity (Wildman–Crippen MR) is 117 cm³/mol. The highest BCUT2D eigenvalue weighted by molar-refractivity contribution is 7.09. The van der Waals surface area contributed by atoms with Crippen molar-refractivity contribution in [2.45, 2.75) is 26.8 Å². The number of nitrogens with zero attached hydrogens (tertiary/aromatic N) is 5. The zero-order valence-corrected chi connectivity index (χ0v) is 18.5. The van der Waals surface area contributed by atoms with Crippen LogP contribution >= 0.6 is 11.5 Å². The van der Waals surface area contributed by atoms with E-state index in [1.807, 2.05) is 32.2 Å². The lowest BCUT2D eigenvalue weighted by Crippen LogP contribution is -2.52. The van der Waals surface area contributed by atoms with E-state index in [1.165, 1.54) is 11.5 Å². The van der Waals surface area contributed by atoms with Crippen LogP contribution in [0.25, 0.3) is 0 Å². The molecular weight excluding hydrogens is 388 g/mol. The van der Waals surface area contributed by atoms with Gasteiger partial charge in [-0.2, -0.15) is 4.37 Å². The fourth-order valence-electron chi connectivity index (χ4n) is 3.24. The molecule has 1 aromatic heterocycles. The van der Waals surface area contributed by atoms with Crippen molar-refractivity contribution in [3.8, 4) is 11.5 Å². The maximum absolute atomic E-state index is 5.67. The van der Waals surface area contributed by atoms with Gasteiger partial charge in [0, 0.05) is 57.7 Å². The van der Waals surface area contributed by atoms with Crippen molar-refractivity contribution in [1.82, 2.24) is 19.6 Å². The number of ether oxygens (including phenoxy) is 2. The number of piperazine rings is 1. The zero-order chi connectivity index (χ0) is 20.6. The Morgan fingerprint density at radius 2 is 2.00 bits per heavy atom. The van der Waals surface area contributed by atoms with E-state index in [1.54, 1.807) is 7.11 Å². The van der Waals surface area contributed by atoms with Gasteiger partial charge in [-0.1, -0.05) is 13.0 Å². The van der Waals surface area contributed by atoms with E-state index in [-0.39, 0.29) is 0 Å². The Balaban J connectivity index is 1.55. The first kappa shape index (κ1) is 21.2. The van der Waals surface area contributed by atoms with E-state index in [2.05, 4.69) is 36.4 Å². The van der Waals surface area contributed by atoms with Crippen LogP contribution in [0.2, 0.25) is 0 Å². The summed E-state index contributed by atoms with van der Waals surface area (Å²) in [6.45, 7) is 8.95. The molecule has 0 atom stereocenters. The van der Waals surface area contributed by atoms with E-state index < -0.39 is 0 Å². The van der Waals surface area contributed by atoms with E-state index in [0.717, 1.165) is 66.6 Å². The molecule has 1 N–H and O–H groups in total. The van der Waals surface area contributed by atoms with Gasteiger partial charge in [0.2, 0.25) is 5.13 Å². The van der Waals surface area contributed by atoms with Gasteiger partial charge in [0.1, 0.15) is 5.82 Å². The lowest BCUT2D eigenvalue weighted by Gasteiger charge is -2.36. The van der Waals surface area contributed by atoms with Crippen LogP contribution in [-0.4, -0.2) is 67.2 Å². The van der Waals surface area contributed by atoms with Crippen LogP contribution in [0.15, 0.2) is 23.2 Å². The second-order valence-electron chi connectivity index (χ2n) is 6.64. The molecule has 1 aliphatic rings. The maximum Gasteiger partial charge on any atom is 0.205 e. The largest absolute Gasteiger partial charge is 0.493 e. The second-order valence-corrected chi connectivity index (χ2v) is 7.37. The predicted octanol–water partition coefficient (Wildman–Crippen LogP) is 2.41. The average molecular weight is 419 g/mol. The van der Waals surface area contributed by atoms with Crippen LogP contribution < -0.4 is 19.7 Å². The molecule has 0 aliphatic carbocycles. The molecule has 3 rings (SSSR count). The lowest BCUT2D eigenvalue weighted by atomic mass is 10.2. The molecule has 8 nitrogen and oxygen atoms in total.